The van der Waals surface area contributed by atoms with Gasteiger partial charge in [0.15, 0.2) is 0 Å². The van der Waals surface area contributed by atoms with Crippen LogP contribution in [0, 0.1) is 0 Å². The molecule has 0 atom stereocenters. The lowest BCUT2D eigenvalue weighted by molar-refractivity contribution is -0.136. The smallest absolute Gasteiger partial charge is 0.305 e. The summed E-state index contributed by atoms with van der Waals surface area (Å²) in [5, 5.41) is 10.3. The number of hydrogen-bond acceptors (Lipinski definition) is 4. The third kappa shape index (κ3) is 3.46. The lowest BCUT2D eigenvalue weighted by Crippen LogP contribution is -2.26. The van der Waals surface area contributed by atoms with Gasteiger partial charge in [0.1, 0.15) is 6.73 Å². The van der Waals surface area contributed by atoms with Gasteiger partial charge in [-0.25, -0.2) is 0 Å². The molecular formula is C16H20N2O4. The lowest BCUT2D eigenvalue weighted by Gasteiger charge is -2.22. The first-order chi connectivity index (χ1) is 10.6. The van der Waals surface area contributed by atoms with E-state index in [0.717, 1.165) is 11.1 Å². The Balaban J connectivity index is 2.36. The molecule has 0 saturated heterocycles. The molecule has 0 aliphatic rings. The zero-order chi connectivity index (χ0) is 16.1. The number of rotatable bonds is 7. The standard InChI is InChI=1S/C16H20N2O4/c1-3-17(9-7-15(19)20)13-4-5-14-12(10-13)6-8-18(11-22-2)16(14)21/h4-6,8,10H,3,7,9,11H2,1-2H3,(H,19,20). The largest absolute Gasteiger partial charge is 0.481 e. The Kier molecular flexibility index (Phi) is 5.16. The maximum absolute atomic E-state index is 12.3. The van der Waals surface area contributed by atoms with Crippen LogP contribution in [0.1, 0.15) is 13.3 Å². The molecule has 0 saturated carbocycles. The predicted octanol–water partition coefficient (Wildman–Crippen LogP) is 1.91. The normalized spacial score (nSPS) is 10.8. The SMILES string of the molecule is CCN(CCC(=O)O)c1ccc2c(=O)n(COC)ccc2c1. The minimum Gasteiger partial charge on any atom is -0.481 e. The van der Waals surface area contributed by atoms with Gasteiger partial charge in [-0.05, 0) is 36.6 Å². The van der Waals surface area contributed by atoms with E-state index in [9.17, 15) is 9.59 Å². The number of nitrogens with zero attached hydrogens (tertiary/aromatic N) is 2. The first kappa shape index (κ1) is 16.0. The highest BCUT2D eigenvalue weighted by molar-refractivity contribution is 5.85. The van der Waals surface area contributed by atoms with Gasteiger partial charge in [0.2, 0.25) is 0 Å². The second kappa shape index (κ2) is 7.09. The second-order valence-corrected chi connectivity index (χ2v) is 5.00. The maximum atomic E-state index is 12.3. The minimum atomic E-state index is -0.818. The van der Waals surface area contributed by atoms with Crippen molar-refractivity contribution in [1.82, 2.24) is 4.57 Å². The van der Waals surface area contributed by atoms with Crippen molar-refractivity contribution in [2.45, 2.75) is 20.1 Å². The summed E-state index contributed by atoms with van der Waals surface area (Å²) in [6, 6.07) is 7.42. The van der Waals surface area contributed by atoms with Gasteiger partial charge >= 0.3 is 5.97 Å². The number of benzene rings is 1. The molecule has 0 aliphatic carbocycles. The van der Waals surface area contributed by atoms with Gasteiger partial charge < -0.3 is 14.7 Å². The van der Waals surface area contributed by atoms with Crippen LogP contribution in [-0.4, -0.2) is 35.8 Å². The molecule has 118 valence electrons. The Morgan fingerprint density at radius 1 is 1.36 bits per heavy atom. The Morgan fingerprint density at radius 2 is 2.14 bits per heavy atom. The van der Waals surface area contributed by atoms with Crippen LogP contribution < -0.4 is 10.5 Å². The number of anilines is 1. The molecule has 0 fully saturated rings. The van der Waals surface area contributed by atoms with Crippen LogP contribution in [-0.2, 0) is 16.3 Å². The fourth-order valence-electron chi connectivity index (χ4n) is 2.41. The van der Waals surface area contributed by atoms with Gasteiger partial charge in [-0.2, -0.15) is 0 Å². The molecule has 6 nitrogen and oxygen atoms in total. The molecular weight excluding hydrogens is 284 g/mol. The molecule has 0 bridgehead atoms. The van der Waals surface area contributed by atoms with Gasteiger partial charge in [0.05, 0.1) is 6.42 Å². The molecule has 6 heteroatoms. The summed E-state index contributed by atoms with van der Waals surface area (Å²) in [4.78, 5) is 25.0. The highest BCUT2D eigenvalue weighted by atomic mass is 16.5. The molecule has 1 aromatic carbocycles. The van der Waals surface area contributed by atoms with Crippen LogP contribution in [0.3, 0.4) is 0 Å². The van der Waals surface area contributed by atoms with Crippen LogP contribution in [0.2, 0.25) is 0 Å². The number of aliphatic carboxylic acids is 1. The summed E-state index contributed by atoms with van der Waals surface area (Å²) in [7, 11) is 1.54. The molecule has 1 N–H and O–H groups in total. The average Bonchev–Trinajstić information content (AvgIpc) is 2.50. The summed E-state index contributed by atoms with van der Waals surface area (Å²) in [5.41, 5.74) is 0.819. The first-order valence-corrected chi connectivity index (χ1v) is 7.15. The van der Waals surface area contributed by atoms with Crippen molar-refractivity contribution >= 4 is 22.4 Å². The van der Waals surface area contributed by atoms with Crippen LogP contribution >= 0.6 is 0 Å². The summed E-state index contributed by atoms with van der Waals surface area (Å²) >= 11 is 0. The zero-order valence-electron chi connectivity index (χ0n) is 12.8. The highest BCUT2D eigenvalue weighted by Crippen LogP contribution is 2.20. The number of aromatic nitrogens is 1. The Bertz CT molecular complexity index is 724. The molecule has 22 heavy (non-hydrogen) atoms. The molecule has 2 aromatic rings. The van der Waals surface area contributed by atoms with Crippen molar-refractivity contribution in [2.24, 2.45) is 0 Å². The highest BCUT2D eigenvalue weighted by Gasteiger charge is 2.09. The number of methoxy groups -OCH3 is 1. The lowest BCUT2D eigenvalue weighted by atomic mass is 10.1. The van der Waals surface area contributed by atoms with E-state index >= 15 is 0 Å². The van der Waals surface area contributed by atoms with Crippen molar-refractivity contribution in [3.8, 4) is 0 Å². The van der Waals surface area contributed by atoms with Crippen molar-refractivity contribution < 1.29 is 14.6 Å². The van der Waals surface area contributed by atoms with Crippen LogP contribution in [0.5, 0.6) is 0 Å². The molecule has 0 spiro atoms. The van der Waals surface area contributed by atoms with Crippen molar-refractivity contribution in [1.29, 1.82) is 0 Å². The predicted molar refractivity (Wildman–Crippen MR) is 85.4 cm³/mol. The van der Waals surface area contributed by atoms with Crippen LogP contribution in [0.25, 0.3) is 10.8 Å². The van der Waals surface area contributed by atoms with Gasteiger partial charge in [-0.1, -0.05) is 0 Å². The quantitative estimate of drug-likeness (QED) is 0.846. The Hall–Kier alpha value is -2.34. The fourth-order valence-corrected chi connectivity index (χ4v) is 2.41. The minimum absolute atomic E-state index is 0.0846. The zero-order valence-corrected chi connectivity index (χ0v) is 12.8. The van der Waals surface area contributed by atoms with Crippen LogP contribution in [0.15, 0.2) is 35.3 Å². The summed E-state index contributed by atoms with van der Waals surface area (Å²) < 4.78 is 6.49. The molecule has 0 radical (unpaired) electrons. The number of ether oxygens (including phenoxy) is 1. The molecule has 0 unspecified atom stereocenters. The molecule has 2 rings (SSSR count). The molecule has 1 heterocycles. The van der Waals surface area contributed by atoms with Crippen molar-refractivity contribution in [2.75, 3.05) is 25.1 Å². The van der Waals surface area contributed by atoms with E-state index in [1.54, 1.807) is 19.4 Å². The van der Waals surface area contributed by atoms with Crippen LogP contribution in [0.4, 0.5) is 5.69 Å². The van der Waals surface area contributed by atoms with E-state index in [2.05, 4.69) is 0 Å². The number of carbonyl (C=O) groups is 1. The van der Waals surface area contributed by atoms with E-state index in [1.807, 2.05) is 30.0 Å². The third-order valence-corrected chi connectivity index (χ3v) is 3.57. The molecule has 0 aliphatic heterocycles. The summed E-state index contributed by atoms with van der Waals surface area (Å²) in [6.07, 6.45) is 1.78. The summed E-state index contributed by atoms with van der Waals surface area (Å²) in [6.45, 7) is 3.34. The van der Waals surface area contributed by atoms with E-state index in [-0.39, 0.29) is 18.7 Å². The van der Waals surface area contributed by atoms with Gasteiger partial charge in [0, 0.05) is 37.5 Å². The van der Waals surface area contributed by atoms with Crippen molar-refractivity contribution in [3.05, 3.63) is 40.8 Å². The van der Waals surface area contributed by atoms with Gasteiger partial charge in [-0.15, -0.1) is 0 Å². The van der Waals surface area contributed by atoms with E-state index in [4.69, 9.17) is 9.84 Å². The number of carboxylic acids is 1. The second-order valence-electron chi connectivity index (χ2n) is 5.00. The third-order valence-electron chi connectivity index (χ3n) is 3.57. The van der Waals surface area contributed by atoms with Crippen molar-refractivity contribution in [3.63, 3.8) is 0 Å². The monoisotopic (exact) mass is 304 g/mol. The Morgan fingerprint density at radius 3 is 2.77 bits per heavy atom. The number of hydrogen-bond donors (Lipinski definition) is 1. The van der Waals surface area contributed by atoms with E-state index < -0.39 is 5.97 Å². The maximum Gasteiger partial charge on any atom is 0.305 e. The molecule has 0 amide bonds. The number of pyridine rings is 1. The topological polar surface area (TPSA) is 71.8 Å². The number of carboxylic acid groups (broad SMARTS) is 1. The Labute approximate surface area is 128 Å². The molecule has 1 aromatic heterocycles. The first-order valence-electron chi connectivity index (χ1n) is 7.15. The average molecular weight is 304 g/mol. The van der Waals surface area contributed by atoms with E-state index in [1.165, 1.54) is 4.57 Å². The van der Waals surface area contributed by atoms with Gasteiger partial charge in [0.25, 0.3) is 5.56 Å². The summed E-state index contributed by atoms with van der Waals surface area (Å²) in [5.74, 6) is -0.818. The van der Waals surface area contributed by atoms with E-state index in [0.29, 0.717) is 18.5 Å². The van der Waals surface area contributed by atoms with Gasteiger partial charge in [-0.3, -0.25) is 14.2 Å². The number of fused-ring (bicyclic) bond motifs is 1. The fraction of sp³-hybridized carbons (Fsp3) is 0.375.